The Morgan fingerprint density at radius 3 is 2.52 bits per heavy atom. The van der Waals surface area contributed by atoms with Gasteiger partial charge in [-0.2, -0.15) is 0 Å². The number of rotatable bonds is 4. The van der Waals surface area contributed by atoms with Crippen LogP contribution in [0.5, 0.6) is 0 Å². The molecule has 0 spiro atoms. The van der Waals surface area contributed by atoms with Crippen molar-refractivity contribution in [2.24, 2.45) is 5.16 Å². The van der Waals surface area contributed by atoms with Crippen LogP contribution in [-0.4, -0.2) is 27.4 Å². The Balaban J connectivity index is 1.36. The number of para-hydroxylation sites is 1. The van der Waals surface area contributed by atoms with Gasteiger partial charge in [0, 0.05) is 29.4 Å². The molecular weight excluding hydrogens is 388 g/mol. The fraction of sp³-hybridized carbons (Fsp3) is 0.154. The maximum absolute atomic E-state index is 13.1. The maximum atomic E-state index is 13.1. The number of nitrogens with zero attached hydrogens (tertiary/aromatic N) is 2. The fourth-order valence-corrected chi connectivity index (χ4v) is 4.74. The summed E-state index contributed by atoms with van der Waals surface area (Å²) < 4.78 is 1.85. The average Bonchev–Trinajstić information content (AvgIpc) is 3.49. The molecule has 31 heavy (non-hydrogen) atoms. The summed E-state index contributed by atoms with van der Waals surface area (Å²) in [5.41, 5.74) is 7.57. The van der Waals surface area contributed by atoms with Crippen molar-refractivity contribution in [2.45, 2.75) is 25.6 Å². The Bertz CT molecular complexity index is 1370. The van der Waals surface area contributed by atoms with E-state index in [1.165, 1.54) is 0 Å². The molecule has 0 saturated carbocycles. The minimum atomic E-state index is -0.0918. The van der Waals surface area contributed by atoms with Crippen molar-refractivity contribution < 1.29 is 14.7 Å². The quantitative estimate of drug-likeness (QED) is 0.475. The van der Waals surface area contributed by atoms with Crippen molar-refractivity contribution in [1.29, 1.82) is 0 Å². The summed E-state index contributed by atoms with van der Waals surface area (Å²) >= 11 is 0. The third-order valence-corrected chi connectivity index (χ3v) is 6.23. The van der Waals surface area contributed by atoms with Crippen LogP contribution in [0.4, 0.5) is 0 Å². The molecular formula is C26H20N2O3. The molecule has 1 atom stereocenters. The van der Waals surface area contributed by atoms with Gasteiger partial charge < -0.3 is 9.94 Å². The minimum absolute atomic E-state index is 0.0267. The molecule has 0 unspecified atom stereocenters. The molecule has 0 radical (unpaired) electrons. The minimum Gasteiger partial charge on any atom is -0.392 e. The molecule has 6 rings (SSSR count). The van der Waals surface area contributed by atoms with Crippen molar-refractivity contribution in [1.82, 2.24) is 4.57 Å². The molecule has 2 aliphatic rings. The second-order valence-electron chi connectivity index (χ2n) is 8.06. The van der Waals surface area contributed by atoms with Crippen LogP contribution >= 0.6 is 0 Å². The average molecular weight is 408 g/mol. The Kier molecular flexibility index (Phi) is 4.04. The molecule has 0 amide bonds. The standard InChI is InChI=1S/C26H20N2O3/c29-15-16-9-11-17(12-10-16)23-14-18(31-27-23)13-22-19-5-3-4-8-24(19)28-25(22)20-6-1-2-7-21(20)26(28)30/h1-12,18,29H,13-15H2/t18-/m0/s1. The van der Waals surface area contributed by atoms with Crippen LogP contribution in [0.1, 0.15) is 33.5 Å². The van der Waals surface area contributed by atoms with Crippen molar-refractivity contribution in [2.75, 3.05) is 0 Å². The van der Waals surface area contributed by atoms with Crippen molar-refractivity contribution in [3.63, 3.8) is 0 Å². The number of benzene rings is 3. The number of aliphatic hydroxyl groups excluding tert-OH is 1. The van der Waals surface area contributed by atoms with Crippen molar-refractivity contribution >= 4 is 22.5 Å². The lowest BCUT2D eigenvalue weighted by molar-refractivity contribution is 0.0861. The third kappa shape index (κ3) is 2.74. The van der Waals surface area contributed by atoms with E-state index in [9.17, 15) is 9.90 Å². The zero-order valence-corrected chi connectivity index (χ0v) is 16.8. The molecule has 152 valence electrons. The van der Waals surface area contributed by atoms with E-state index in [4.69, 9.17) is 4.84 Å². The van der Waals surface area contributed by atoms with Crippen molar-refractivity contribution in [3.8, 4) is 11.3 Å². The van der Waals surface area contributed by atoms with Gasteiger partial charge >= 0.3 is 0 Å². The lowest BCUT2D eigenvalue weighted by Gasteiger charge is -2.10. The Hall–Kier alpha value is -3.70. The second kappa shape index (κ2) is 6.93. The normalized spacial score (nSPS) is 16.9. The first-order valence-corrected chi connectivity index (χ1v) is 10.4. The van der Waals surface area contributed by atoms with E-state index in [2.05, 4.69) is 11.2 Å². The third-order valence-electron chi connectivity index (χ3n) is 6.23. The fourth-order valence-electron chi connectivity index (χ4n) is 4.74. The molecule has 3 aromatic carbocycles. The smallest absolute Gasteiger partial charge is 0.263 e. The van der Waals surface area contributed by atoms with E-state index in [1.54, 1.807) is 0 Å². The number of hydrogen-bond donors (Lipinski definition) is 1. The Labute approximate surface area is 179 Å². The second-order valence-corrected chi connectivity index (χ2v) is 8.06. The van der Waals surface area contributed by atoms with Crippen LogP contribution in [-0.2, 0) is 17.9 Å². The summed E-state index contributed by atoms with van der Waals surface area (Å²) in [6.45, 7) is 0.0267. The molecule has 0 saturated heterocycles. The van der Waals surface area contributed by atoms with Gasteiger partial charge in [0.1, 0.15) is 6.10 Å². The van der Waals surface area contributed by atoms with Gasteiger partial charge in [0.15, 0.2) is 0 Å². The van der Waals surface area contributed by atoms with Gasteiger partial charge in [-0.05, 0) is 28.8 Å². The van der Waals surface area contributed by atoms with E-state index in [0.29, 0.717) is 12.8 Å². The maximum Gasteiger partial charge on any atom is 0.263 e. The van der Waals surface area contributed by atoms with Crippen LogP contribution in [0.25, 0.3) is 22.2 Å². The highest BCUT2D eigenvalue weighted by atomic mass is 16.6. The monoisotopic (exact) mass is 408 g/mol. The lowest BCUT2D eigenvalue weighted by Crippen LogP contribution is -2.12. The molecule has 5 heteroatoms. The highest BCUT2D eigenvalue weighted by molar-refractivity contribution is 6.16. The summed E-state index contributed by atoms with van der Waals surface area (Å²) in [7, 11) is 0. The van der Waals surface area contributed by atoms with Crippen LogP contribution in [0.15, 0.2) is 78.0 Å². The first-order chi connectivity index (χ1) is 15.2. The predicted molar refractivity (Wildman–Crippen MR) is 119 cm³/mol. The first kappa shape index (κ1) is 18.1. The number of carbonyl (C=O) groups excluding carboxylic acids is 1. The zero-order valence-electron chi connectivity index (χ0n) is 16.8. The topological polar surface area (TPSA) is 63.8 Å². The van der Waals surface area contributed by atoms with E-state index in [0.717, 1.165) is 50.1 Å². The number of fused-ring (bicyclic) bond motifs is 5. The summed E-state index contributed by atoms with van der Waals surface area (Å²) in [6, 6.07) is 23.6. The van der Waals surface area contributed by atoms with Gasteiger partial charge in [-0.1, -0.05) is 65.8 Å². The van der Waals surface area contributed by atoms with Gasteiger partial charge in [-0.15, -0.1) is 0 Å². The van der Waals surface area contributed by atoms with Crippen LogP contribution < -0.4 is 0 Å². The van der Waals surface area contributed by atoms with Gasteiger partial charge in [0.2, 0.25) is 0 Å². The highest BCUT2D eigenvalue weighted by Gasteiger charge is 2.34. The van der Waals surface area contributed by atoms with Gasteiger partial charge in [0.05, 0.1) is 23.5 Å². The molecule has 0 bridgehead atoms. The van der Waals surface area contributed by atoms with E-state index in [1.807, 2.05) is 71.3 Å². The molecule has 5 nitrogen and oxygen atoms in total. The Morgan fingerprint density at radius 1 is 0.968 bits per heavy atom. The SMILES string of the molecule is O=C1c2ccccc2-c2c(C[C@H]3CC(c4ccc(CO)cc4)=NO3)c3ccccc3n21. The van der Waals surface area contributed by atoms with E-state index >= 15 is 0 Å². The predicted octanol–water partition coefficient (Wildman–Crippen LogP) is 4.54. The summed E-state index contributed by atoms with van der Waals surface area (Å²) in [6.07, 6.45) is 1.28. The van der Waals surface area contributed by atoms with Crippen molar-refractivity contribution in [3.05, 3.63) is 95.1 Å². The number of carbonyl (C=O) groups is 1. The zero-order chi connectivity index (χ0) is 20.9. The number of aliphatic hydroxyl groups is 1. The highest BCUT2D eigenvalue weighted by Crippen LogP contribution is 2.42. The molecule has 1 N–H and O–H groups in total. The largest absolute Gasteiger partial charge is 0.392 e. The number of hydrogen-bond acceptors (Lipinski definition) is 4. The van der Waals surface area contributed by atoms with Crippen LogP contribution in [0.2, 0.25) is 0 Å². The lowest BCUT2D eigenvalue weighted by atomic mass is 9.95. The summed E-state index contributed by atoms with van der Waals surface area (Å²) in [4.78, 5) is 19.0. The van der Waals surface area contributed by atoms with Gasteiger partial charge in [-0.3, -0.25) is 9.36 Å². The molecule has 0 fully saturated rings. The molecule has 1 aromatic heterocycles. The number of oxime groups is 1. The van der Waals surface area contributed by atoms with Crippen LogP contribution in [0.3, 0.4) is 0 Å². The van der Waals surface area contributed by atoms with E-state index < -0.39 is 0 Å². The molecule has 2 aliphatic heterocycles. The number of aromatic nitrogens is 1. The van der Waals surface area contributed by atoms with Gasteiger partial charge in [0.25, 0.3) is 5.91 Å². The first-order valence-electron chi connectivity index (χ1n) is 10.4. The molecule has 0 aliphatic carbocycles. The molecule has 3 heterocycles. The molecule has 4 aromatic rings. The van der Waals surface area contributed by atoms with Crippen LogP contribution in [0, 0.1) is 0 Å². The summed E-state index contributed by atoms with van der Waals surface area (Å²) in [5.74, 6) is 0.0290. The van der Waals surface area contributed by atoms with Gasteiger partial charge in [-0.25, -0.2) is 0 Å². The summed E-state index contributed by atoms with van der Waals surface area (Å²) in [5, 5.41) is 14.7. The Morgan fingerprint density at radius 2 is 1.71 bits per heavy atom. The van der Waals surface area contributed by atoms with E-state index in [-0.39, 0.29) is 18.6 Å².